The summed E-state index contributed by atoms with van der Waals surface area (Å²) in [4.78, 5) is 64.9. The predicted octanol–water partition coefficient (Wildman–Crippen LogP) is 1.39. The molecular weight excluding hydrogens is 512 g/mol. The summed E-state index contributed by atoms with van der Waals surface area (Å²) >= 11 is 0. The van der Waals surface area contributed by atoms with Crippen molar-refractivity contribution in [1.82, 2.24) is 16.1 Å². The molecule has 1 aliphatic rings. The Morgan fingerprint density at radius 3 is 2.05 bits per heavy atom. The highest BCUT2D eigenvalue weighted by molar-refractivity contribution is 5.87. The number of amides is 2. The maximum Gasteiger partial charge on any atom is 0.329 e. The number of hydrogen-bond acceptors (Lipinski definition) is 8. The van der Waals surface area contributed by atoms with Gasteiger partial charge in [0.15, 0.2) is 6.04 Å². The number of nitrogens with one attached hydrogen (secondary N) is 3. The zero-order valence-corrected chi connectivity index (χ0v) is 23.2. The van der Waals surface area contributed by atoms with Gasteiger partial charge in [-0.3, -0.25) is 24.0 Å². The van der Waals surface area contributed by atoms with E-state index in [0.717, 1.165) is 25.7 Å². The molecule has 224 valence electrons. The van der Waals surface area contributed by atoms with E-state index in [1.165, 1.54) is 26.7 Å². The normalized spacial score (nSPS) is 21.1. The Morgan fingerprint density at radius 2 is 1.51 bits per heavy atom. The molecule has 1 fully saturated rings. The smallest absolute Gasteiger partial charge is 0.329 e. The molecule has 1 aliphatic carbocycles. The number of aliphatic carboxylic acids is 3. The molecule has 0 aromatic rings. The molecule has 1 rings (SSSR count). The molecule has 0 aliphatic heterocycles. The average Bonchev–Trinajstić information content (AvgIpc) is 2.88. The molecule has 0 aromatic heterocycles. The first-order valence-electron chi connectivity index (χ1n) is 13.8. The van der Waals surface area contributed by atoms with Crippen molar-refractivity contribution in [3.8, 4) is 0 Å². The fourth-order valence-corrected chi connectivity index (χ4v) is 4.59. The number of hydroxylamine groups is 1. The van der Waals surface area contributed by atoms with Gasteiger partial charge < -0.3 is 31.7 Å². The summed E-state index contributed by atoms with van der Waals surface area (Å²) in [6.07, 6.45) is 7.16. The highest BCUT2D eigenvalue weighted by atomic mass is 16.7. The Hall–Kier alpha value is -2.77. The van der Waals surface area contributed by atoms with Gasteiger partial charge in [0.1, 0.15) is 24.2 Å². The van der Waals surface area contributed by atoms with Crippen molar-refractivity contribution in [2.45, 2.75) is 122 Å². The zero-order valence-electron chi connectivity index (χ0n) is 23.2. The standard InChI is InChI=1S/C26H46N4O9/c1-4-5-6-8-17-11-13-18(14-12-17)22(31)29-21(26(37)38)16(3)39-30-20(10-7-9-19(27)25(35)36)23(32)28-15(2)24(33)34/h15-21,30H,4-14,27H2,1-3H3,(H,28,32)(H,29,31)(H,33,34)(H,35,36)(H,37,38)/t15-,16?,17?,18?,19?,20+,21?/m1/s1. The van der Waals surface area contributed by atoms with Crippen LogP contribution in [0.2, 0.25) is 0 Å². The second kappa shape index (κ2) is 17.7. The van der Waals surface area contributed by atoms with Crippen molar-refractivity contribution >= 4 is 29.7 Å². The van der Waals surface area contributed by atoms with Gasteiger partial charge in [-0.15, -0.1) is 0 Å². The maximum absolute atomic E-state index is 12.8. The summed E-state index contributed by atoms with van der Waals surface area (Å²) in [6, 6.07) is -4.85. The van der Waals surface area contributed by atoms with Crippen molar-refractivity contribution in [1.29, 1.82) is 0 Å². The van der Waals surface area contributed by atoms with Gasteiger partial charge in [-0.2, -0.15) is 5.48 Å². The molecule has 0 aromatic carbocycles. The second-order valence-corrected chi connectivity index (χ2v) is 10.5. The van der Waals surface area contributed by atoms with E-state index in [1.807, 2.05) is 0 Å². The molecule has 0 bridgehead atoms. The monoisotopic (exact) mass is 558 g/mol. The molecule has 8 N–H and O–H groups in total. The minimum absolute atomic E-state index is 0.0392. The molecule has 0 heterocycles. The molecular formula is C26H46N4O9. The molecule has 39 heavy (non-hydrogen) atoms. The van der Waals surface area contributed by atoms with Crippen molar-refractivity contribution in [2.24, 2.45) is 17.6 Å². The van der Waals surface area contributed by atoms with Crippen molar-refractivity contribution in [2.75, 3.05) is 0 Å². The van der Waals surface area contributed by atoms with Crippen LogP contribution in [0.5, 0.6) is 0 Å². The molecule has 0 radical (unpaired) electrons. The number of rotatable bonds is 19. The number of carbonyl (C=O) groups excluding carboxylic acids is 2. The summed E-state index contributed by atoms with van der Waals surface area (Å²) in [5.41, 5.74) is 7.98. The quantitative estimate of drug-likeness (QED) is 0.0887. The third-order valence-electron chi connectivity index (χ3n) is 7.23. The first-order chi connectivity index (χ1) is 18.4. The average molecular weight is 559 g/mol. The minimum atomic E-state index is -1.39. The molecule has 13 nitrogen and oxygen atoms in total. The van der Waals surface area contributed by atoms with E-state index in [4.69, 9.17) is 20.8 Å². The number of carboxylic acids is 3. The van der Waals surface area contributed by atoms with Gasteiger partial charge in [-0.25, -0.2) is 4.79 Å². The lowest BCUT2D eigenvalue weighted by molar-refractivity contribution is -0.152. The first kappa shape index (κ1) is 34.3. The van der Waals surface area contributed by atoms with E-state index < -0.39 is 54.1 Å². The van der Waals surface area contributed by atoms with E-state index >= 15 is 0 Å². The summed E-state index contributed by atoms with van der Waals surface area (Å²) in [5.74, 6) is -4.52. The molecule has 5 atom stereocenters. The molecule has 0 saturated heterocycles. The molecule has 3 unspecified atom stereocenters. The van der Waals surface area contributed by atoms with Crippen LogP contribution in [-0.4, -0.2) is 75.3 Å². The van der Waals surface area contributed by atoms with Crippen molar-refractivity contribution in [3.05, 3.63) is 0 Å². The Morgan fingerprint density at radius 1 is 0.872 bits per heavy atom. The third kappa shape index (κ3) is 12.8. The minimum Gasteiger partial charge on any atom is -0.480 e. The molecule has 0 spiro atoms. The zero-order chi connectivity index (χ0) is 29.5. The predicted molar refractivity (Wildman–Crippen MR) is 141 cm³/mol. The van der Waals surface area contributed by atoms with Crippen LogP contribution in [0.1, 0.15) is 91.4 Å². The van der Waals surface area contributed by atoms with Gasteiger partial charge in [0.05, 0.1) is 0 Å². The van der Waals surface area contributed by atoms with E-state index in [-0.39, 0.29) is 31.1 Å². The van der Waals surface area contributed by atoms with Gasteiger partial charge in [-0.1, -0.05) is 32.6 Å². The summed E-state index contributed by atoms with van der Waals surface area (Å²) in [7, 11) is 0. The van der Waals surface area contributed by atoms with Crippen LogP contribution in [0.15, 0.2) is 0 Å². The largest absolute Gasteiger partial charge is 0.480 e. The van der Waals surface area contributed by atoms with Crippen molar-refractivity contribution < 1.29 is 44.1 Å². The molecule has 1 saturated carbocycles. The fourth-order valence-electron chi connectivity index (χ4n) is 4.59. The number of carboxylic acid groups (broad SMARTS) is 3. The Kier molecular flexibility index (Phi) is 15.6. The lowest BCUT2D eigenvalue weighted by Gasteiger charge is -2.30. The topological polar surface area (TPSA) is 217 Å². The van der Waals surface area contributed by atoms with E-state index in [9.17, 15) is 29.1 Å². The van der Waals surface area contributed by atoms with Crippen LogP contribution >= 0.6 is 0 Å². The SMILES string of the molecule is CCCCCC1CCC(C(=O)NC(C(=O)O)C(C)ON[C@@H](CCCC(N)C(=O)O)C(=O)N[C@H](C)C(=O)O)CC1. The maximum atomic E-state index is 12.8. The lowest BCUT2D eigenvalue weighted by atomic mass is 9.79. The van der Waals surface area contributed by atoms with Crippen LogP contribution in [0.4, 0.5) is 0 Å². The van der Waals surface area contributed by atoms with Crippen molar-refractivity contribution in [3.63, 3.8) is 0 Å². The van der Waals surface area contributed by atoms with Gasteiger partial charge in [0, 0.05) is 5.92 Å². The third-order valence-corrected chi connectivity index (χ3v) is 7.23. The van der Waals surface area contributed by atoms with Gasteiger partial charge in [0.2, 0.25) is 11.8 Å². The summed E-state index contributed by atoms with van der Waals surface area (Å²) in [5, 5.41) is 32.6. The van der Waals surface area contributed by atoms with E-state index in [0.29, 0.717) is 18.8 Å². The van der Waals surface area contributed by atoms with Crippen LogP contribution in [-0.2, 0) is 28.8 Å². The molecule has 2 amide bonds. The van der Waals surface area contributed by atoms with Crippen LogP contribution in [0.3, 0.4) is 0 Å². The number of unbranched alkanes of at least 4 members (excludes halogenated alkanes) is 2. The summed E-state index contributed by atoms with van der Waals surface area (Å²) in [6.45, 7) is 4.86. The summed E-state index contributed by atoms with van der Waals surface area (Å²) < 4.78 is 0. The number of nitrogens with two attached hydrogens (primary N) is 1. The lowest BCUT2D eigenvalue weighted by Crippen LogP contribution is -2.54. The number of carbonyl (C=O) groups is 5. The fraction of sp³-hybridized carbons (Fsp3) is 0.808. The molecule has 13 heteroatoms. The van der Waals surface area contributed by atoms with E-state index in [1.54, 1.807) is 0 Å². The van der Waals surface area contributed by atoms with Gasteiger partial charge in [0.25, 0.3) is 0 Å². The van der Waals surface area contributed by atoms with E-state index in [2.05, 4.69) is 23.0 Å². The van der Waals surface area contributed by atoms with Crippen LogP contribution in [0, 0.1) is 11.8 Å². The van der Waals surface area contributed by atoms with Gasteiger partial charge in [-0.05, 0) is 64.7 Å². The number of hydrogen-bond donors (Lipinski definition) is 7. The first-order valence-corrected chi connectivity index (χ1v) is 13.8. The Balaban J connectivity index is 2.72. The highest BCUT2D eigenvalue weighted by Gasteiger charge is 2.33. The highest BCUT2D eigenvalue weighted by Crippen LogP contribution is 2.32. The Labute approximate surface area is 229 Å². The van der Waals surface area contributed by atoms with Crippen LogP contribution < -0.4 is 21.8 Å². The van der Waals surface area contributed by atoms with Crippen LogP contribution in [0.25, 0.3) is 0 Å². The van der Waals surface area contributed by atoms with Gasteiger partial charge >= 0.3 is 17.9 Å². The second-order valence-electron chi connectivity index (χ2n) is 10.5. The Bertz CT molecular complexity index is 817.